The third kappa shape index (κ3) is 2.98. The first kappa shape index (κ1) is 14.1. The van der Waals surface area contributed by atoms with Gasteiger partial charge < -0.3 is 10.3 Å². The minimum atomic E-state index is 0.621. The molecule has 3 heteroatoms. The van der Waals surface area contributed by atoms with Crippen molar-refractivity contribution < 1.29 is 0 Å². The molecular formula is C16H25N3. The number of fused-ring (bicyclic) bond motifs is 1. The van der Waals surface area contributed by atoms with Crippen molar-refractivity contribution in [3.05, 3.63) is 29.1 Å². The first-order chi connectivity index (χ1) is 9.02. The van der Waals surface area contributed by atoms with Crippen molar-refractivity contribution in [3.8, 4) is 0 Å². The normalized spacial score (nSPS) is 11.7. The minimum absolute atomic E-state index is 0.621. The maximum Gasteiger partial charge on any atom is 0.109 e. The molecular weight excluding hydrogens is 234 g/mol. The summed E-state index contributed by atoms with van der Waals surface area (Å²) < 4.78 is 2.38. The van der Waals surface area contributed by atoms with Crippen molar-refractivity contribution in [3.63, 3.8) is 0 Å². The Labute approximate surface area is 115 Å². The monoisotopic (exact) mass is 259 g/mol. The second kappa shape index (κ2) is 5.74. The number of aromatic nitrogens is 2. The largest absolute Gasteiger partial charge is 0.330 e. The fourth-order valence-electron chi connectivity index (χ4n) is 2.45. The molecule has 1 aromatic heterocycles. The van der Waals surface area contributed by atoms with Gasteiger partial charge >= 0.3 is 0 Å². The Kier molecular flexibility index (Phi) is 4.25. The third-order valence-electron chi connectivity index (χ3n) is 3.59. The molecule has 0 unspecified atom stereocenters. The van der Waals surface area contributed by atoms with Gasteiger partial charge in [0, 0.05) is 13.0 Å². The molecule has 1 heterocycles. The molecule has 2 N–H and O–H groups in total. The number of rotatable bonds is 5. The van der Waals surface area contributed by atoms with Crippen molar-refractivity contribution in [1.29, 1.82) is 0 Å². The van der Waals surface area contributed by atoms with E-state index in [1.165, 1.54) is 22.5 Å². The van der Waals surface area contributed by atoms with E-state index in [0.717, 1.165) is 31.4 Å². The van der Waals surface area contributed by atoms with Crippen LogP contribution in [0.3, 0.4) is 0 Å². The van der Waals surface area contributed by atoms with E-state index in [2.05, 4.69) is 44.4 Å². The van der Waals surface area contributed by atoms with Gasteiger partial charge in [0.1, 0.15) is 5.82 Å². The van der Waals surface area contributed by atoms with Gasteiger partial charge in [-0.15, -0.1) is 0 Å². The number of benzene rings is 1. The van der Waals surface area contributed by atoms with E-state index in [1.807, 2.05) is 0 Å². The summed E-state index contributed by atoms with van der Waals surface area (Å²) in [5.74, 6) is 1.80. The van der Waals surface area contributed by atoms with Crippen LogP contribution in [0, 0.1) is 19.8 Å². The molecule has 0 aliphatic rings. The lowest BCUT2D eigenvalue weighted by atomic mass is 10.1. The van der Waals surface area contributed by atoms with Crippen LogP contribution in [-0.2, 0) is 13.0 Å². The summed E-state index contributed by atoms with van der Waals surface area (Å²) in [6, 6.07) is 4.47. The summed E-state index contributed by atoms with van der Waals surface area (Å²) >= 11 is 0. The molecule has 0 saturated carbocycles. The minimum Gasteiger partial charge on any atom is -0.330 e. The average molecular weight is 259 g/mol. The maximum absolute atomic E-state index is 5.63. The molecule has 0 aliphatic carbocycles. The molecule has 104 valence electrons. The Morgan fingerprint density at radius 2 is 1.89 bits per heavy atom. The van der Waals surface area contributed by atoms with Gasteiger partial charge in [-0.05, 0) is 56.0 Å². The van der Waals surface area contributed by atoms with Crippen molar-refractivity contribution >= 4 is 11.0 Å². The van der Waals surface area contributed by atoms with Crippen LogP contribution in [0.2, 0.25) is 0 Å². The SMILES string of the molecule is Cc1cc2nc(CCCN)n(CC(C)C)c2cc1C. The highest BCUT2D eigenvalue weighted by Gasteiger charge is 2.12. The number of imidazole rings is 1. The van der Waals surface area contributed by atoms with Crippen LogP contribution in [0.15, 0.2) is 12.1 Å². The Morgan fingerprint density at radius 3 is 2.53 bits per heavy atom. The molecule has 0 bridgehead atoms. The van der Waals surface area contributed by atoms with Gasteiger partial charge in [-0.3, -0.25) is 0 Å². The third-order valence-corrected chi connectivity index (χ3v) is 3.59. The van der Waals surface area contributed by atoms with Crippen molar-refractivity contribution in [2.45, 2.75) is 47.1 Å². The summed E-state index contributed by atoms with van der Waals surface area (Å²) in [6.07, 6.45) is 1.97. The lowest BCUT2D eigenvalue weighted by Gasteiger charge is -2.12. The van der Waals surface area contributed by atoms with Gasteiger partial charge in [-0.2, -0.15) is 0 Å². The highest BCUT2D eigenvalue weighted by Crippen LogP contribution is 2.22. The van der Waals surface area contributed by atoms with Gasteiger partial charge in [-0.25, -0.2) is 4.98 Å². The van der Waals surface area contributed by atoms with Crippen molar-refractivity contribution in [2.75, 3.05) is 6.54 Å². The first-order valence-corrected chi connectivity index (χ1v) is 7.19. The van der Waals surface area contributed by atoms with E-state index >= 15 is 0 Å². The van der Waals surface area contributed by atoms with Gasteiger partial charge in [0.25, 0.3) is 0 Å². The average Bonchev–Trinajstić information content (AvgIpc) is 2.65. The molecule has 2 rings (SSSR count). The number of hydrogen-bond acceptors (Lipinski definition) is 2. The van der Waals surface area contributed by atoms with Gasteiger partial charge in [0.15, 0.2) is 0 Å². The first-order valence-electron chi connectivity index (χ1n) is 7.19. The number of hydrogen-bond donors (Lipinski definition) is 1. The van der Waals surface area contributed by atoms with Crippen LogP contribution in [0.1, 0.15) is 37.2 Å². The molecule has 0 radical (unpaired) electrons. The van der Waals surface area contributed by atoms with Crippen LogP contribution in [0.25, 0.3) is 11.0 Å². The highest BCUT2D eigenvalue weighted by atomic mass is 15.1. The Balaban J connectivity index is 2.52. The Hall–Kier alpha value is -1.35. The van der Waals surface area contributed by atoms with E-state index in [4.69, 9.17) is 10.7 Å². The summed E-state index contributed by atoms with van der Waals surface area (Å²) in [4.78, 5) is 4.81. The zero-order valence-corrected chi connectivity index (χ0v) is 12.5. The standard InChI is InChI=1S/C16H25N3/c1-11(2)10-19-15-9-13(4)12(3)8-14(15)18-16(19)6-5-7-17/h8-9,11H,5-7,10,17H2,1-4H3. The number of nitrogens with zero attached hydrogens (tertiary/aromatic N) is 2. The molecule has 0 aliphatic heterocycles. The maximum atomic E-state index is 5.63. The highest BCUT2D eigenvalue weighted by molar-refractivity contribution is 5.78. The van der Waals surface area contributed by atoms with Crippen LogP contribution in [0.4, 0.5) is 0 Å². The van der Waals surface area contributed by atoms with Gasteiger partial charge in [0.2, 0.25) is 0 Å². The van der Waals surface area contributed by atoms with Crippen molar-refractivity contribution in [1.82, 2.24) is 9.55 Å². The van der Waals surface area contributed by atoms with E-state index in [-0.39, 0.29) is 0 Å². The van der Waals surface area contributed by atoms with Crippen LogP contribution < -0.4 is 5.73 Å². The fourth-order valence-corrected chi connectivity index (χ4v) is 2.45. The predicted octanol–water partition coefficient (Wildman–Crippen LogP) is 3.20. The molecule has 0 spiro atoms. The molecule has 0 saturated heterocycles. The summed E-state index contributed by atoms with van der Waals surface area (Å²) in [7, 11) is 0. The molecule has 0 fully saturated rings. The van der Waals surface area contributed by atoms with Gasteiger partial charge in [0.05, 0.1) is 11.0 Å². The second-order valence-electron chi connectivity index (χ2n) is 5.85. The second-order valence-corrected chi connectivity index (χ2v) is 5.85. The number of aryl methyl sites for hydroxylation is 3. The van der Waals surface area contributed by atoms with Crippen LogP contribution >= 0.6 is 0 Å². The summed E-state index contributed by atoms with van der Waals surface area (Å²) in [6.45, 7) is 10.6. The molecule has 3 nitrogen and oxygen atoms in total. The molecule has 0 atom stereocenters. The molecule has 19 heavy (non-hydrogen) atoms. The smallest absolute Gasteiger partial charge is 0.109 e. The fraction of sp³-hybridized carbons (Fsp3) is 0.562. The summed E-state index contributed by atoms with van der Waals surface area (Å²) in [5.41, 5.74) is 10.7. The van der Waals surface area contributed by atoms with E-state index in [0.29, 0.717) is 5.92 Å². The lowest BCUT2D eigenvalue weighted by molar-refractivity contribution is 0.514. The van der Waals surface area contributed by atoms with E-state index in [9.17, 15) is 0 Å². The topological polar surface area (TPSA) is 43.8 Å². The Bertz CT molecular complexity index is 567. The molecule has 1 aromatic carbocycles. The summed E-state index contributed by atoms with van der Waals surface area (Å²) in [5, 5.41) is 0. The van der Waals surface area contributed by atoms with E-state index in [1.54, 1.807) is 0 Å². The van der Waals surface area contributed by atoms with Crippen molar-refractivity contribution in [2.24, 2.45) is 11.7 Å². The van der Waals surface area contributed by atoms with Crippen LogP contribution in [-0.4, -0.2) is 16.1 Å². The quantitative estimate of drug-likeness (QED) is 0.896. The lowest BCUT2D eigenvalue weighted by Crippen LogP contribution is -2.10. The zero-order chi connectivity index (χ0) is 14.0. The molecule has 0 amide bonds. The zero-order valence-electron chi connectivity index (χ0n) is 12.5. The Morgan fingerprint density at radius 1 is 1.21 bits per heavy atom. The predicted molar refractivity (Wildman–Crippen MR) is 81.4 cm³/mol. The van der Waals surface area contributed by atoms with Gasteiger partial charge in [-0.1, -0.05) is 13.8 Å². The number of nitrogens with two attached hydrogens (primary N) is 1. The van der Waals surface area contributed by atoms with E-state index < -0.39 is 0 Å². The van der Waals surface area contributed by atoms with Crippen LogP contribution in [0.5, 0.6) is 0 Å². The molecule has 2 aromatic rings.